The molecule has 8 heteroatoms. The third kappa shape index (κ3) is 6.58. The highest BCUT2D eigenvalue weighted by Crippen LogP contribution is 2.20. The van der Waals surface area contributed by atoms with Crippen LogP contribution in [0.15, 0.2) is 33.4 Å². The minimum absolute atomic E-state index is 0.0675. The fourth-order valence-electron chi connectivity index (χ4n) is 2.03. The molecular weight excluding hydrogens is 389 g/mol. The Bertz CT molecular complexity index is 743. The summed E-state index contributed by atoms with van der Waals surface area (Å²) in [5.41, 5.74) is 1.21. The Morgan fingerprint density at radius 1 is 1.40 bits per heavy atom. The van der Waals surface area contributed by atoms with Gasteiger partial charge in [-0.3, -0.25) is 10.2 Å². The maximum absolute atomic E-state index is 13.4. The summed E-state index contributed by atoms with van der Waals surface area (Å²) < 4.78 is 14.1. The molecule has 6 nitrogen and oxygen atoms in total. The standard InChI is InChI=1S/C17H21BrFN5O/c1-4-22-17(18)12(9-20)7-16(23-11(3)21)24-15-6-5-13(19)8-14(15)10(2)25/h5-6,8-9,20,22H,4,7H2,1-3H3,(H2,21,23,24)/b17-12-,20-9?. The van der Waals surface area contributed by atoms with E-state index in [1.54, 1.807) is 0 Å². The van der Waals surface area contributed by atoms with Crippen LogP contribution >= 0.6 is 15.9 Å². The van der Waals surface area contributed by atoms with E-state index in [1.165, 1.54) is 32.2 Å². The van der Waals surface area contributed by atoms with E-state index in [0.717, 1.165) is 6.07 Å². The second-order valence-corrected chi connectivity index (χ2v) is 6.00. The van der Waals surface area contributed by atoms with Gasteiger partial charge >= 0.3 is 0 Å². The first-order valence-electron chi connectivity index (χ1n) is 7.61. The van der Waals surface area contributed by atoms with E-state index in [1.807, 2.05) is 6.92 Å². The number of carbonyl (C=O) groups excluding carboxylic acids is 1. The molecule has 1 rings (SSSR count). The highest BCUT2D eigenvalue weighted by atomic mass is 79.9. The number of carbonyl (C=O) groups is 1. The molecule has 0 radical (unpaired) electrons. The predicted molar refractivity (Wildman–Crippen MR) is 104 cm³/mol. The molecule has 0 fully saturated rings. The second-order valence-electron chi connectivity index (χ2n) is 5.21. The average Bonchev–Trinajstić information content (AvgIpc) is 2.53. The van der Waals surface area contributed by atoms with E-state index in [2.05, 4.69) is 31.6 Å². The summed E-state index contributed by atoms with van der Waals surface area (Å²) in [5, 5.41) is 21.2. The lowest BCUT2D eigenvalue weighted by Gasteiger charge is -2.14. The SMILES string of the molecule is CCN/C(Br)=C(\C=N)C/C(=N/C(C)=N)Nc1ccc(F)cc1C(C)=O. The molecule has 4 N–H and O–H groups in total. The minimum Gasteiger partial charge on any atom is -0.379 e. The zero-order valence-electron chi connectivity index (χ0n) is 14.3. The number of aliphatic imine (C=N–C) groups is 1. The van der Waals surface area contributed by atoms with Gasteiger partial charge in [0.15, 0.2) is 5.78 Å². The van der Waals surface area contributed by atoms with E-state index >= 15 is 0 Å². The summed E-state index contributed by atoms with van der Waals surface area (Å²) >= 11 is 3.37. The van der Waals surface area contributed by atoms with Crippen LogP contribution in [-0.2, 0) is 0 Å². The smallest absolute Gasteiger partial charge is 0.161 e. The number of benzene rings is 1. The molecule has 0 atom stereocenters. The van der Waals surface area contributed by atoms with Crippen LogP contribution in [0.5, 0.6) is 0 Å². The van der Waals surface area contributed by atoms with Crippen LogP contribution in [0.1, 0.15) is 37.6 Å². The predicted octanol–water partition coefficient (Wildman–Crippen LogP) is 4.09. The molecule has 134 valence electrons. The Balaban J connectivity index is 3.23. The normalized spacial score (nSPS) is 12.3. The first kappa shape index (κ1) is 20.7. The summed E-state index contributed by atoms with van der Waals surface area (Å²) in [6.45, 7) is 5.47. The fourth-order valence-corrected chi connectivity index (χ4v) is 2.56. The molecule has 0 aliphatic heterocycles. The number of nitrogens with one attached hydrogen (secondary N) is 4. The number of ketones is 1. The van der Waals surface area contributed by atoms with Crippen LogP contribution < -0.4 is 10.6 Å². The summed E-state index contributed by atoms with van der Waals surface area (Å²) in [7, 11) is 0. The van der Waals surface area contributed by atoms with Gasteiger partial charge in [0, 0.05) is 30.3 Å². The van der Waals surface area contributed by atoms with Gasteiger partial charge in [0.2, 0.25) is 0 Å². The molecule has 0 saturated carbocycles. The number of hydrogen-bond acceptors (Lipinski definition) is 4. The molecule has 0 unspecified atom stereocenters. The van der Waals surface area contributed by atoms with Crippen LogP contribution in [0, 0.1) is 16.6 Å². The Labute approximate surface area is 154 Å². The van der Waals surface area contributed by atoms with Gasteiger partial charge in [-0.25, -0.2) is 9.38 Å². The van der Waals surface area contributed by atoms with E-state index in [0.29, 0.717) is 28.2 Å². The first-order chi connectivity index (χ1) is 11.8. The Kier molecular flexibility index (Phi) is 8.13. The maximum atomic E-state index is 13.4. The largest absolute Gasteiger partial charge is 0.379 e. The van der Waals surface area contributed by atoms with Gasteiger partial charge in [0.1, 0.15) is 17.5 Å². The van der Waals surface area contributed by atoms with Crippen molar-refractivity contribution >= 4 is 45.3 Å². The van der Waals surface area contributed by atoms with Gasteiger partial charge in [-0.15, -0.1) is 0 Å². The molecule has 0 spiro atoms. The topological polar surface area (TPSA) is 101 Å². The summed E-state index contributed by atoms with van der Waals surface area (Å²) in [6.07, 6.45) is 1.40. The van der Waals surface area contributed by atoms with Crippen LogP contribution in [0.3, 0.4) is 0 Å². The van der Waals surface area contributed by atoms with Gasteiger partial charge in [-0.1, -0.05) is 0 Å². The molecule has 0 saturated heterocycles. The molecule has 0 aliphatic carbocycles. The van der Waals surface area contributed by atoms with E-state index in [9.17, 15) is 9.18 Å². The fraction of sp³-hybridized carbons (Fsp3) is 0.294. The zero-order valence-corrected chi connectivity index (χ0v) is 15.9. The third-order valence-corrected chi connectivity index (χ3v) is 3.88. The van der Waals surface area contributed by atoms with Crippen molar-refractivity contribution in [1.82, 2.24) is 5.32 Å². The number of anilines is 1. The lowest BCUT2D eigenvalue weighted by atomic mass is 10.1. The number of nitrogens with zero attached hydrogens (tertiary/aromatic N) is 1. The monoisotopic (exact) mass is 409 g/mol. The van der Waals surface area contributed by atoms with Crippen LogP contribution in [0.25, 0.3) is 0 Å². The quantitative estimate of drug-likeness (QED) is 0.236. The second kappa shape index (κ2) is 9.83. The lowest BCUT2D eigenvalue weighted by molar-refractivity contribution is 0.101. The van der Waals surface area contributed by atoms with E-state index < -0.39 is 5.82 Å². The summed E-state index contributed by atoms with van der Waals surface area (Å²) in [6, 6.07) is 3.85. The Hall–Kier alpha value is -2.35. The van der Waals surface area contributed by atoms with Crippen molar-refractivity contribution in [3.8, 4) is 0 Å². The maximum Gasteiger partial charge on any atom is 0.161 e. The highest BCUT2D eigenvalue weighted by molar-refractivity contribution is 9.11. The summed E-state index contributed by atoms with van der Waals surface area (Å²) in [5.74, 6) is -0.357. The van der Waals surface area contributed by atoms with Crippen LogP contribution in [0.2, 0.25) is 0 Å². The van der Waals surface area contributed by atoms with Gasteiger partial charge < -0.3 is 16.0 Å². The van der Waals surface area contributed by atoms with Crippen molar-refractivity contribution < 1.29 is 9.18 Å². The van der Waals surface area contributed by atoms with E-state index in [-0.39, 0.29) is 23.6 Å². The number of amidine groups is 2. The van der Waals surface area contributed by atoms with Crippen LogP contribution in [0.4, 0.5) is 10.1 Å². The molecule has 0 amide bonds. The van der Waals surface area contributed by atoms with Crippen molar-refractivity contribution in [2.75, 3.05) is 11.9 Å². The number of halogens is 2. The van der Waals surface area contributed by atoms with Crippen LogP contribution in [-0.4, -0.2) is 30.2 Å². The first-order valence-corrected chi connectivity index (χ1v) is 8.41. The van der Waals surface area contributed by atoms with Gasteiger partial charge in [0.25, 0.3) is 0 Å². The molecule has 0 aromatic heterocycles. The number of hydrogen-bond donors (Lipinski definition) is 4. The van der Waals surface area contributed by atoms with Crippen molar-refractivity contribution in [2.24, 2.45) is 4.99 Å². The molecular formula is C17H21BrFN5O. The molecule has 0 bridgehead atoms. The molecule has 1 aromatic rings. The van der Waals surface area contributed by atoms with Crippen molar-refractivity contribution in [2.45, 2.75) is 27.2 Å². The lowest BCUT2D eigenvalue weighted by Crippen LogP contribution is -2.19. The van der Waals surface area contributed by atoms with Gasteiger partial charge in [0.05, 0.1) is 10.3 Å². The summed E-state index contributed by atoms with van der Waals surface area (Å²) in [4.78, 5) is 15.9. The molecule has 0 aliphatic rings. The molecule has 0 heterocycles. The zero-order chi connectivity index (χ0) is 19.0. The minimum atomic E-state index is -0.507. The van der Waals surface area contributed by atoms with Gasteiger partial charge in [-0.05, 0) is 54.9 Å². The number of Topliss-reactive ketones (excluding diaryl/α,β-unsaturated/α-hetero) is 1. The third-order valence-electron chi connectivity index (χ3n) is 3.09. The highest BCUT2D eigenvalue weighted by Gasteiger charge is 2.13. The van der Waals surface area contributed by atoms with Crippen molar-refractivity contribution in [3.05, 3.63) is 39.8 Å². The van der Waals surface area contributed by atoms with Crippen molar-refractivity contribution in [1.29, 1.82) is 10.8 Å². The average molecular weight is 410 g/mol. The van der Waals surface area contributed by atoms with E-state index in [4.69, 9.17) is 10.8 Å². The molecule has 1 aromatic carbocycles. The molecule has 25 heavy (non-hydrogen) atoms. The van der Waals surface area contributed by atoms with Crippen molar-refractivity contribution in [3.63, 3.8) is 0 Å². The number of rotatable bonds is 7. The Morgan fingerprint density at radius 3 is 2.60 bits per heavy atom. The van der Waals surface area contributed by atoms with Gasteiger partial charge in [-0.2, -0.15) is 0 Å². The Morgan fingerprint density at radius 2 is 2.08 bits per heavy atom.